The summed E-state index contributed by atoms with van der Waals surface area (Å²) in [5.41, 5.74) is 1.18. The van der Waals surface area contributed by atoms with Crippen molar-refractivity contribution in [2.75, 3.05) is 16.2 Å². The highest BCUT2D eigenvalue weighted by atomic mass is 32.2. The minimum atomic E-state index is -3.88. The summed E-state index contributed by atoms with van der Waals surface area (Å²) in [4.78, 5) is 13.5. The average Bonchev–Trinajstić information content (AvgIpc) is 2.93. The molecular weight excluding hydrogens is 331 g/mol. The number of rotatable bonds is 4. The summed E-state index contributed by atoms with van der Waals surface area (Å²) >= 11 is 0. The summed E-state index contributed by atoms with van der Waals surface area (Å²) in [6.07, 6.45) is 1.20. The molecule has 0 saturated carbocycles. The van der Waals surface area contributed by atoms with Crippen molar-refractivity contribution in [2.24, 2.45) is 0 Å². The van der Waals surface area contributed by atoms with Crippen LogP contribution in [0.2, 0.25) is 0 Å². The molecule has 2 aromatic rings. The molecule has 1 aliphatic heterocycles. The third-order valence-corrected chi connectivity index (χ3v) is 5.46. The molecule has 1 fully saturated rings. The van der Waals surface area contributed by atoms with E-state index in [9.17, 15) is 17.6 Å². The van der Waals surface area contributed by atoms with E-state index in [-0.39, 0.29) is 10.8 Å². The first-order chi connectivity index (χ1) is 11.4. The second-order valence-corrected chi connectivity index (χ2v) is 7.33. The lowest BCUT2D eigenvalue weighted by Gasteiger charge is -2.20. The van der Waals surface area contributed by atoms with Gasteiger partial charge in [-0.25, -0.2) is 12.8 Å². The molecule has 0 unspecified atom stereocenters. The molecule has 1 saturated heterocycles. The Balaban J connectivity index is 1.97. The number of amides is 1. The maximum Gasteiger partial charge on any atom is 0.262 e. The predicted molar refractivity (Wildman–Crippen MR) is 90.0 cm³/mol. The van der Waals surface area contributed by atoms with Gasteiger partial charge in [0.15, 0.2) is 0 Å². The van der Waals surface area contributed by atoms with Gasteiger partial charge in [0.05, 0.1) is 16.3 Å². The van der Waals surface area contributed by atoms with Gasteiger partial charge in [-0.05, 0) is 49.2 Å². The van der Waals surface area contributed by atoms with Crippen LogP contribution in [0.1, 0.15) is 18.4 Å². The lowest BCUT2D eigenvalue weighted by molar-refractivity contribution is -0.117. The Bertz CT molecular complexity index is 896. The minimum absolute atomic E-state index is 0.00597. The molecule has 3 rings (SSSR count). The normalized spacial score (nSPS) is 14.9. The molecule has 126 valence electrons. The van der Waals surface area contributed by atoms with Crippen LogP contribution in [-0.4, -0.2) is 20.9 Å². The number of carbonyl (C=O) groups excluding carboxylic acids is 1. The van der Waals surface area contributed by atoms with Crippen LogP contribution in [0.25, 0.3) is 0 Å². The molecule has 5 nitrogen and oxygen atoms in total. The fraction of sp³-hybridized carbons (Fsp3) is 0.235. The third kappa shape index (κ3) is 3.12. The number of nitrogens with zero attached hydrogens (tertiary/aromatic N) is 1. The van der Waals surface area contributed by atoms with E-state index < -0.39 is 15.8 Å². The zero-order chi connectivity index (χ0) is 17.3. The van der Waals surface area contributed by atoms with Gasteiger partial charge < -0.3 is 4.90 Å². The third-order valence-electron chi connectivity index (χ3n) is 3.94. The van der Waals surface area contributed by atoms with E-state index in [1.54, 1.807) is 29.2 Å². The Kier molecular flexibility index (Phi) is 4.28. The molecule has 0 radical (unpaired) electrons. The van der Waals surface area contributed by atoms with Crippen LogP contribution in [0, 0.1) is 12.7 Å². The monoisotopic (exact) mass is 348 g/mol. The van der Waals surface area contributed by atoms with Gasteiger partial charge in [-0.2, -0.15) is 0 Å². The van der Waals surface area contributed by atoms with Gasteiger partial charge in [0.25, 0.3) is 10.0 Å². The zero-order valence-corrected chi connectivity index (χ0v) is 13.9. The molecule has 24 heavy (non-hydrogen) atoms. The molecule has 1 heterocycles. The lowest BCUT2D eigenvalue weighted by atomic mass is 10.2. The maximum atomic E-state index is 13.2. The van der Waals surface area contributed by atoms with E-state index in [1.807, 2.05) is 0 Å². The Morgan fingerprint density at radius 1 is 1.17 bits per heavy atom. The molecule has 1 N–H and O–H groups in total. The quantitative estimate of drug-likeness (QED) is 0.923. The van der Waals surface area contributed by atoms with Crippen molar-refractivity contribution in [1.29, 1.82) is 0 Å². The molecule has 0 aromatic heterocycles. The number of carbonyl (C=O) groups is 1. The number of benzene rings is 2. The first kappa shape index (κ1) is 16.4. The molecule has 0 spiro atoms. The fourth-order valence-electron chi connectivity index (χ4n) is 2.81. The van der Waals surface area contributed by atoms with E-state index in [1.165, 1.54) is 19.1 Å². The number of anilines is 2. The molecule has 1 amide bonds. The summed E-state index contributed by atoms with van der Waals surface area (Å²) in [6, 6.07) is 10.3. The lowest BCUT2D eigenvalue weighted by Crippen LogP contribution is -2.25. The Morgan fingerprint density at radius 2 is 1.92 bits per heavy atom. The standard InChI is InChI=1S/C17H17FN2O3S/c1-12-11-13(18)8-9-16(12)24(22,23)19-14-5-2-3-6-15(14)20-10-4-7-17(20)21/h2-3,5-6,8-9,11,19H,4,7,10H2,1H3. The van der Waals surface area contributed by atoms with Crippen molar-refractivity contribution >= 4 is 27.3 Å². The number of hydrogen-bond donors (Lipinski definition) is 1. The number of halogens is 1. The average molecular weight is 348 g/mol. The van der Waals surface area contributed by atoms with Gasteiger partial charge in [0.1, 0.15) is 5.82 Å². The van der Waals surface area contributed by atoms with E-state index in [0.717, 1.165) is 12.5 Å². The maximum absolute atomic E-state index is 13.2. The zero-order valence-electron chi connectivity index (χ0n) is 13.1. The van der Waals surface area contributed by atoms with E-state index in [0.29, 0.717) is 29.9 Å². The number of sulfonamides is 1. The summed E-state index contributed by atoms with van der Waals surface area (Å²) in [7, 11) is -3.88. The first-order valence-electron chi connectivity index (χ1n) is 7.57. The fourth-order valence-corrected chi connectivity index (χ4v) is 4.11. The summed E-state index contributed by atoms with van der Waals surface area (Å²) in [5.74, 6) is -0.519. The number of nitrogens with one attached hydrogen (secondary N) is 1. The van der Waals surface area contributed by atoms with Crippen molar-refractivity contribution < 1.29 is 17.6 Å². The van der Waals surface area contributed by atoms with Gasteiger partial charge in [-0.1, -0.05) is 12.1 Å². The van der Waals surface area contributed by atoms with Gasteiger partial charge in [-0.15, -0.1) is 0 Å². The second-order valence-electron chi connectivity index (χ2n) is 5.68. The van der Waals surface area contributed by atoms with E-state index in [4.69, 9.17) is 0 Å². The number of hydrogen-bond acceptors (Lipinski definition) is 3. The van der Waals surface area contributed by atoms with Crippen molar-refractivity contribution in [3.63, 3.8) is 0 Å². The van der Waals surface area contributed by atoms with E-state index in [2.05, 4.69) is 4.72 Å². The van der Waals surface area contributed by atoms with Gasteiger partial charge in [-0.3, -0.25) is 9.52 Å². The van der Waals surface area contributed by atoms with E-state index >= 15 is 0 Å². The molecule has 0 bridgehead atoms. The Hall–Kier alpha value is -2.41. The highest BCUT2D eigenvalue weighted by Crippen LogP contribution is 2.31. The van der Waals surface area contributed by atoms with Crippen LogP contribution in [0.4, 0.5) is 15.8 Å². The number of aryl methyl sites for hydroxylation is 1. The molecule has 7 heteroatoms. The van der Waals surface area contributed by atoms with Crippen LogP contribution in [0.3, 0.4) is 0 Å². The Morgan fingerprint density at radius 3 is 2.58 bits per heavy atom. The predicted octanol–water partition coefficient (Wildman–Crippen LogP) is 3.06. The van der Waals surface area contributed by atoms with Crippen LogP contribution >= 0.6 is 0 Å². The first-order valence-corrected chi connectivity index (χ1v) is 9.05. The van der Waals surface area contributed by atoms with Gasteiger partial charge in [0.2, 0.25) is 5.91 Å². The van der Waals surface area contributed by atoms with Crippen LogP contribution in [-0.2, 0) is 14.8 Å². The van der Waals surface area contributed by atoms with Crippen LogP contribution < -0.4 is 9.62 Å². The minimum Gasteiger partial charge on any atom is -0.310 e. The Labute approximate surface area is 140 Å². The molecule has 0 aliphatic carbocycles. The molecule has 2 aromatic carbocycles. The molecule has 0 atom stereocenters. The highest BCUT2D eigenvalue weighted by molar-refractivity contribution is 7.92. The molecular formula is C17H17FN2O3S. The van der Waals surface area contributed by atoms with Crippen LogP contribution in [0.15, 0.2) is 47.4 Å². The van der Waals surface area contributed by atoms with Crippen molar-refractivity contribution in [3.05, 3.63) is 53.8 Å². The smallest absolute Gasteiger partial charge is 0.262 e. The van der Waals surface area contributed by atoms with Gasteiger partial charge >= 0.3 is 0 Å². The second kappa shape index (κ2) is 6.24. The van der Waals surface area contributed by atoms with Crippen molar-refractivity contribution in [2.45, 2.75) is 24.7 Å². The van der Waals surface area contributed by atoms with Crippen molar-refractivity contribution in [1.82, 2.24) is 0 Å². The topological polar surface area (TPSA) is 66.5 Å². The summed E-state index contributed by atoms with van der Waals surface area (Å²) in [5, 5.41) is 0. The van der Waals surface area contributed by atoms with Gasteiger partial charge in [0, 0.05) is 13.0 Å². The van der Waals surface area contributed by atoms with Crippen molar-refractivity contribution in [3.8, 4) is 0 Å². The largest absolute Gasteiger partial charge is 0.310 e. The SMILES string of the molecule is Cc1cc(F)ccc1S(=O)(=O)Nc1ccccc1N1CCCC1=O. The van der Waals surface area contributed by atoms with Crippen LogP contribution in [0.5, 0.6) is 0 Å². The number of para-hydroxylation sites is 2. The summed E-state index contributed by atoms with van der Waals surface area (Å²) in [6.45, 7) is 2.10. The molecule has 1 aliphatic rings. The summed E-state index contributed by atoms with van der Waals surface area (Å²) < 4.78 is 41.0. The highest BCUT2D eigenvalue weighted by Gasteiger charge is 2.26.